The minimum atomic E-state index is 0.438. The number of aromatic nitrogens is 3. The molecule has 0 atom stereocenters. The summed E-state index contributed by atoms with van der Waals surface area (Å²) in [5.74, 6) is 1.09. The van der Waals surface area contributed by atoms with Crippen LogP contribution in [0.3, 0.4) is 0 Å². The largest absolute Gasteiger partial charge is 0.365 e. The predicted molar refractivity (Wildman–Crippen MR) is 96.0 cm³/mol. The Labute approximate surface area is 147 Å². The molecule has 3 aromatic rings. The summed E-state index contributed by atoms with van der Waals surface area (Å²) in [6.07, 6.45) is 1.59. The van der Waals surface area contributed by atoms with Crippen molar-refractivity contribution in [3.8, 4) is 0 Å². The van der Waals surface area contributed by atoms with Crippen LogP contribution in [-0.2, 0) is 6.54 Å². The molecule has 116 valence electrons. The lowest BCUT2D eigenvalue weighted by Gasteiger charge is -2.08. The maximum Gasteiger partial charge on any atom is 0.249 e. The van der Waals surface area contributed by atoms with Gasteiger partial charge >= 0.3 is 0 Å². The van der Waals surface area contributed by atoms with Crippen molar-refractivity contribution in [1.82, 2.24) is 15.2 Å². The first-order valence-electron chi connectivity index (χ1n) is 6.90. The number of benzene rings is 2. The van der Waals surface area contributed by atoms with Gasteiger partial charge in [0.25, 0.3) is 0 Å². The average Bonchev–Trinajstić information content (AvgIpc) is 2.57. The van der Waals surface area contributed by atoms with Gasteiger partial charge in [-0.15, -0.1) is 5.10 Å². The number of anilines is 3. The predicted octanol–water partition coefficient (Wildman–Crippen LogP) is 4.64. The molecule has 0 aliphatic rings. The molecular formula is C16H13BrClN5. The van der Waals surface area contributed by atoms with Crippen LogP contribution < -0.4 is 10.6 Å². The van der Waals surface area contributed by atoms with E-state index in [4.69, 9.17) is 11.6 Å². The zero-order chi connectivity index (χ0) is 16.1. The second-order valence-corrected chi connectivity index (χ2v) is 6.13. The summed E-state index contributed by atoms with van der Waals surface area (Å²) in [6.45, 7) is 0.633. The lowest BCUT2D eigenvalue weighted by atomic mass is 10.2. The van der Waals surface area contributed by atoms with Crippen molar-refractivity contribution in [3.63, 3.8) is 0 Å². The first-order valence-corrected chi connectivity index (χ1v) is 8.07. The van der Waals surface area contributed by atoms with Crippen LogP contribution >= 0.6 is 27.5 Å². The molecule has 7 heteroatoms. The third kappa shape index (κ3) is 4.64. The summed E-state index contributed by atoms with van der Waals surface area (Å²) in [5.41, 5.74) is 2.00. The van der Waals surface area contributed by atoms with Crippen LogP contribution in [0.4, 0.5) is 17.5 Å². The van der Waals surface area contributed by atoms with Crippen molar-refractivity contribution in [2.24, 2.45) is 0 Å². The average molecular weight is 391 g/mol. The summed E-state index contributed by atoms with van der Waals surface area (Å²) in [7, 11) is 0. The Morgan fingerprint density at radius 2 is 1.74 bits per heavy atom. The van der Waals surface area contributed by atoms with Gasteiger partial charge in [-0.05, 0) is 42.0 Å². The summed E-state index contributed by atoms with van der Waals surface area (Å²) >= 11 is 9.27. The molecule has 2 N–H and O–H groups in total. The minimum Gasteiger partial charge on any atom is -0.365 e. The molecule has 0 radical (unpaired) electrons. The van der Waals surface area contributed by atoms with Crippen LogP contribution in [0.25, 0.3) is 0 Å². The van der Waals surface area contributed by atoms with E-state index >= 15 is 0 Å². The fourth-order valence-electron chi connectivity index (χ4n) is 1.90. The molecule has 2 aromatic carbocycles. The van der Waals surface area contributed by atoms with Gasteiger partial charge in [0.15, 0.2) is 5.82 Å². The van der Waals surface area contributed by atoms with Crippen LogP contribution in [0.5, 0.6) is 0 Å². The van der Waals surface area contributed by atoms with Crippen molar-refractivity contribution in [1.29, 1.82) is 0 Å². The third-order valence-electron chi connectivity index (χ3n) is 3.05. The lowest BCUT2D eigenvalue weighted by molar-refractivity contribution is 0.966. The first kappa shape index (κ1) is 15.7. The summed E-state index contributed by atoms with van der Waals surface area (Å²) in [6, 6.07) is 15.4. The van der Waals surface area contributed by atoms with Crippen LogP contribution in [0.15, 0.2) is 59.2 Å². The van der Waals surface area contributed by atoms with Gasteiger partial charge in [-0.2, -0.15) is 10.1 Å². The van der Waals surface area contributed by atoms with E-state index in [0.29, 0.717) is 18.3 Å². The second kappa shape index (κ2) is 7.39. The van der Waals surface area contributed by atoms with Crippen LogP contribution in [-0.4, -0.2) is 15.2 Å². The van der Waals surface area contributed by atoms with Gasteiger partial charge in [0.2, 0.25) is 5.95 Å². The van der Waals surface area contributed by atoms with Crippen molar-refractivity contribution >= 4 is 45.0 Å². The number of hydrogen-bond donors (Lipinski definition) is 2. The molecule has 0 aliphatic heterocycles. The molecule has 0 amide bonds. The van der Waals surface area contributed by atoms with Crippen LogP contribution in [0.2, 0.25) is 5.02 Å². The highest BCUT2D eigenvalue weighted by atomic mass is 79.9. The van der Waals surface area contributed by atoms with E-state index in [2.05, 4.69) is 41.7 Å². The van der Waals surface area contributed by atoms with E-state index in [-0.39, 0.29) is 0 Å². The molecule has 0 unspecified atom stereocenters. The van der Waals surface area contributed by atoms with E-state index in [0.717, 1.165) is 20.7 Å². The third-order valence-corrected chi connectivity index (χ3v) is 3.83. The molecular weight excluding hydrogens is 378 g/mol. The van der Waals surface area contributed by atoms with E-state index < -0.39 is 0 Å². The molecule has 0 saturated heterocycles. The normalized spacial score (nSPS) is 10.3. The first-order chi connectivity index (χ1) is 11.2. The summed E-state index contributed by atoms with van der Waals surface area (Å²) in [4.78, 5) is 4.39. The van der Waals surface area contributed by atoms with Crippen molar-refractivity contribution in [2.75, 3.05) is 10.6 Å². The molecule has 0 aliphatic carbocycles. The molecule has 0 saturated carbocycles. The Kier molecular flexibility index (Phi) is 5.05. The molecule has 23 heavy (non-hydrogen) atoms. The molecule has 3 rings (SSSR count). The highest BCUT2D eigenvalue weighted by molar-refractivity contribution is 9.10. The van der Waals surface area contributed by atoms with Crippen molar-refractivity contribution in [2.45, 2.75) is 6.54 Å². The topological polar surface area (TPSA) is 62.7 Å². The molecule has 0 bridgehead atoms. The number of hydrogen-bond acceptors (Lipinski definition) is 5. The molecule has 0 fully saturated rings. The van der Waals surface area contributed by atoms with Gasteiger partial charge in [0, 0.05) is 21.7 Å². The molecule has 0 spiro atoms. The lowest BCUT2D eigenvalue weighted by Crippen LogP contribution is -2.05. The van der Waals surface area contributed by atoms with Gasteiger partial charge in [-0.1, -0.05) is 39.7 Å². The zero-order valence-electron chi connectivity index (χ0n) is 12.0. The monoisotopic (exact) mass is 389 g/mol. The van der Waals surface area contributed by atoms with E-state index in [9.17, 15) is 0 Å². The van der Waals surface area contributed by atoms with Crippen LogP contribution in [0, 0.1) is 0 Å². The Bertz CT molecular complexity index is 777. The maximum absolute atomic E-state index is 5.87. The maximum atomic E-state index is 5.87. The Morgan fingerprint density at radius 1 is 1.00 bits per heavy atom. The minimum absolute atomic E-state index is 0.438. The van der Waals surface area contributed by atoms with E-state index in [1.807, 2.05) is 48.5 Å². The molecule has 1 heterocycles. The van der Waals surface area contributed by atoms with Crippen LogP contribution in [0.1, 0.15) is 5.56 Å². The number of halogens is 2. The number of nitrogens with one attached hydrogen (secondary N) is 2. The fraction of sp³-hybridized carbons (Fsp3) is 0.0625. The highest BCUT2D eigenvalue weighted by Gasteiger charge is 2.02. The Hall–Kier alpha value is -2.18. The highest BCUT2D eigenvalue weighted by Crippen LogP contribution is 2.17. The number of rotatable bonds is 5. The van der Waals surface area contributed by atoms with Crippen molar-refractivity contribution in [3.05, 3.63) is 69.8 Å². The zero-order valence-corrected chi connectivity index (χ0v) is 14.3. The summed E-state index contributed by atoms with van der Waals surface area (Å²) < 4.78 is 1.01. The quantitative estimate of drug-likeness (QED) is 0.664. The number of nitrogens with zero attached hydrogens (tertiary/aromatic N) is 3. The van der Waals surface area contributed by atoms with E-state index in [1.54, 1.807) is 6.20 Å². The Morgan fingerprint density at radius 3 is 2.48 bits per heavy atom. The van der Waals surface area contributed by atoms with Gasteiger partial charge in [0.1, 0.15) is 0 Å². The molecule has 5 nitrogen and oxygen atoms in total. The van der Waals surface area contributed by atoms with Gasteiger partial charge in [-0.25, -0.2) is 0 Å². The standard InChI is InChI=1S/C16H13BrClN5/c17-12-3-7-14(8-4-12)21-16-22-15(10-20-23-16)19-9-11-1-5-13(18)6-2-11/h1-8,10H,9H2,(H2,19,21,22,23). The van der Waals surface area contributed by atoms with E-state index in [1.165, 1.54) is 0 Å². The molecule has 1 aromatic heterocycles. The SMILES string of the molecule is Clc1ccc(CNc2cnnc(Nc3ccc(Br)cc3)n2)cc1. The smallest absolute Gasteiger partial charge is 0.249 e. The van der Waals surface area contributed by atoms with Gasteiger partial charge in [-0.3, -0.25) is 0 Å². The fourth-order valence-corrected chi connectivity index (χ4v) is 2.29. The summed E-state index contributed by atoms with van der Waals surface area (Å²) in [5, 5.41) is 15.0. The second-order valence-electron chi connectivity index (χ2n) is 4.78. The van der Waals surface area contributed by atoms with Gasteiger partial charge in [0.05, 0.1) is 6.20 Å². The van der Waals surface area contributed by atoms with Gasteiger partial charge < -0.3 is 10.6 Å². The van der Waals surface area contributed by atoms with Crippen molar-refractivity contribution < 1.29 is 0 Å². The Balaban J connectivity index is 1.65.